The predicted octanol–water partition coefficient (Wildman–Crippen LogP) is 4.02. The minimum Gasteiger partial charge on any atom is -0.494 e. The summed E-state index contributed by atoms with van der Waals surface area (Å²) in [7, 11) is 0. The van der Waals surface area contributed by atoms with Crippen LogP contribution in [-0.4, -0.2) is 13.2 Å². The maximum atomic E-state index is 6.23. The number of benzene rings is 2. The molecule has 1 atom stereocenters. The third-order valence-electron chi connectivity index (χ3n) is 3.35. The van der Waals surface area contributed by atoms with E-state index in [1.807, 2.05) is 37.3 Å². The van der Waals surface area contributed by atoms with E-state index >= 15 is 0 Å². The molecule has 0 bridgehead atoms. The number of nitrogens with two attached hydrogens (primary N) is 1. The summed E-state index contributed by atoms with van der Waals surface area (Å²) in [6.45, 7) is 3.24. The zero-order chi connectivity index (χ0) is 14.4. The summed E-state index contributed by atoms with van der Waals surface area (Å²) < 4.78 is 5.55. The first kappa shape index (κ1) is 14.9. The molecule has 0 amide bonds. The van der Waals surface area contributed by atoms with Gasteiger partial charge in [-0.2, -0.15) is 0 Å². The minimum atomic E-state index is 0.246. The van der Waals surface area contributed by atoms with Gasteiger partial charge in [0.1, 0.15) is 5.75 Å². The second-order valence-corrected chi connectivity index (χ2v) is 5.14. The number of halogens is 1. The van der Waals surface area contributed by atoms with Crippen LogP contribution in [0.4, 0.5) is 0 Å². The van der Waals surface area contributed by atoms with Gasteiger partial charge in [0.05, 0.1) is 6.61 Å². The first-order valence-corrected chi connectivity index (χ1v) is 7.28. The third-order valence-corrected chi connectivity index (χ3v) is 3.72. The molecule has 0 aliphatic rings. The van der Waals surface area contributed by atoms with Crippen molar-refractivity contribution < 1.29 is 4.74 Å². The highest BCUT2D eigenvalue weighted by Gasteiger charge is 2.13. The molecule has 0 radical (unpaired) electrons. The monoisotopic (exact) mass is 289 g/mol. The second-order valence-electron chi connectivity index (χ2n) is 4.73. The molecule has 0 fully saturated rings. The van der Waals surface area contributed by atoms with Crippen molar-refractivity contribution >= 4 is 11.6 Å². The molecule has 2 nitrogen and oxygen atoms in total. The Kier molecular flexibility index (Phi) is 5.45. The van der Waals surface area contributed by atoms with E-state index in [1.165, 1.54) is 5.56 Å². The minimum absolute atomic E-state index is 0.246. The summed E-state index contributed by atoms with van der Waals surface area (Å²) in [5, 5.41) is 0.798. The lowest BCUT2D eigenvalue weighted by Gasteiger charge is -2.17. The molecule has 0 heterocycles. The van der Waals surface area contributed by atoms with E-state index < -0.39 is 0 Å². The van der Waals surface area contributed by atoms with Gasteiger partial charge in [-0.15, -0.1) is 0 Å². The molecule has 3 heteroatoms. The van der Waals surface area contributed by atoms with Gasteiger partial charge < -0.3 is 10.5 Å². The Labute approximate surface area is 125 Å². The van der Waals surface area contributed by atoms with E-state index in [4.69, 9.17) is 22.1 Å². The van der Waals surface area contributed by atoms with Crippen LogP contribution in [-0.2, 0) is 6.42 Å². The molecule has 20 heavy (non-hydrogen) atoms. The highest BCUT2D eigenvalue weighted by Crippen LogP contribution is 2.26. The fourth-order valence-electron chi connectivity index (χ4n) is 2.29. The topological polar surface area (TPSA) is 35.2 Å². The van der Waals surface area contributed by atoms with E-state index in [-0.39, 0.29) is 5.92 Å². The van der Waals surface area contributed by atoms with Crippen molar-refractivity contribution in [2.24, 2.45) is 5.73 Å². The van der Waals surface area contributed by atoms with Gasteiger partial charge in [0.2, 0.25) is 0 Å². The second kappa shape index (κ2) is 7.32. The molecule has 0 aromatic heterocycles. The quantitative estimate of drug-likeness (QED) is 0.871. The highest BCUT2D eigenvalue weighted by molar-refractivity contribution is 6.31. The summed E-state index contributed by atoms with van der Waals surface area (Å²) in [5.74, 6) is 1.14. The molecule has 106 valence electrons. The standard InChI is InChI=1S/C17H20ClNO/c1-2-20-16-8-5-7-13(11-16)15(12-19)10-14-6-3-4-9-17(14)18/h3-9,11,15H,2,10,12,19H2,1H3. The normalized spacial score (nSPS) is 12.2. The maximum absolute atomic E-state index is 6.23. The van der Waals surface area contributed by atoms with Crippen molar-refractivity contribution in [3.63, 3.8) is 0 Å². The molecular formula is C17H20ClNO. The smallest absolute Gasteiger partial charge is 0.119 e. The number of hydrogen-bond donors (Lipinski definition) is 1. The Morgan fingerprint density at radius 2 is 1.95 bits per heavy atom. The van der Waals surface area contributed by atoms with E-state index in [1.54, 1.807) is 0 Å². The van der Waals surface area contributed by atoms with Gasteiger partial charge in [-0.05, 0) is 49.2 Å². The van der Waals surface area contributed by atoms with Gasteiger partial charge in [-0.1, -0.05) is 41.9 Å². The Bertz CT molecular complexity index is 556. The molecule has 0 aliphatic carbocycles. The largest absolute Gasteiger partial charge is 0.494 e. The van der Waals surface area contributed by atoms with Gasteiger partial charge in [0.25, 0.3) is 0 Å². The highest BCUT2D eigenvalue weighted by atomic mass is 35.5. The molecular weight excluding hydrogens is 270 g/mol. The lowest BCUT2D eigenvalue weighted by molar-refractivity contribution is 0.339. The Hall–Kier alpha value is -1.51. The van der Waals surface area contributed by atoms with Crippen molar-refractivity contribution in [1.29, 1.82) is 0 Å². The molecule has 2 aromatic rings. The van der Waals surface area contributed by atoms with E-state index in [0.29, 0.717) is 13.2 Å². The van der Waals surface area contributed by atoms with Crippen molar-refractivity contribution in [3.05, 3.63) is 64.7 Å². The predicted molar refractivity (Wildman–Crippen MR) is 84.6 cm³/mol. The molecule has 2 aromatic carbocycles. The fourth-order valence-corrected chi connectivity index (χ4v) is 2.50. The van der Waals surface area contributed by atoms with Crippen LogP contribution in [0.1, 0.15) is 24.0 Å². The van der Waals surface area contributed by atoms with E-state index in [2.05, 4.69) is 18.2 Å². The Morgan fingerprint density at radius 1 is 1.15 bits per heavy atom. The summed E-state index contributed by atoms with van der Waals surface area (Å²) in [6.07, 6.45) is 0.839. The van der Waals surface area contributed by atoms with Crippen LogP contribution in [0.2, 0.25) is 5.02 Å². The van der Waals surface area contributed by atoms with Crippen LogP contribution in [0, 0.1) is 0 Å². The van der Waals surface area contributed by atoms with Crippen molar-refractivity contribution in [2.75, 3.05) is 13.2 Å². The number of ether oxygens (including phenoxy) is 1. The zero-order valence-corrected chi connectivity index (χ0v) is 12.4. The lowest BCUT2D eigenvalue weighted by atomic mass is 9.92. The van der Waals surface area contributed by atoms with Crippen molar-refractivity contribution in [3.8, 4) is 5.75 Å². The maximum Gasteiger partial charge on any atom is 0.119 e. The number of rotatable bonds is 6. The molecule has 2 N–H and O–H groups in total. The average molecular weight is 290 g/mol. The lowest BCUT2D eigenvalue weighted by Crippen LogP contribution is -2.15. The van der Waals surface area contributed by atoms with Crippen LogP contribution in [0.15, 0.2) is 48.5 Å². The molecule has 0 aliphatic heterocycles. The van der Waals surface area contributed by atoms with Crippen molar-refractivity contribution in [2.45, 2.75) is 19.3 Å². The molecule has 0 spiro atoms. The summed E-state index contributed by atoms with van der Waals surface area (Å²) in [5.41, 5.74) is 8.27. The Morgan fingerprint density at radius 3 is 2.65 bits per heavy atom. The van der Waals surface area contributed by atoms with E-state index in [9.17, 15) is 0 Å². The van der Waals surface area contributed by atoms with Crippen LogP contribution in [0.5, 0.6) is 5.75 Å². The fraction of sp³-hybridized carbons (Fsp3) is 0.294. The van der Waals surface area contributed by atoms with Gasteiger partial charge >= 0.3 is 0 Å². The van der Waals surface area contributed by atoms with Crippen LogP contribution >= 0.6 is 11.6 Å². The van der Waals surface area contributed by atoms with Gasteiger partial charge in [-0.25, -0.2) is 0 Å². The summed E-state index contributed by atoms with van der Waals surface area (Å²) >= 11 is 6.23. The number of hydrogen-bond acceptors (Lipinski definition) is 2. The average Bonchev–Trinajstić information content (AvgIpc) is 2.47. The third kappa shape index (κ3) is 3.75. The van der Waals surface area contributed by atoms with Crippen LogP contribution < -0.4 is 10.5 Å². The molecule has 0 saturated carbocycles. The molecule has 1 unspecified atom stereocenters. The summed E-state index contributed by atoms with van der Waals surface area (Å²) in [6, 6.07) is 16.1. The van der Waals surface area contributed by atoms with Gasteiger partial charge in [-0.3, -0.25) is 0 Å². The Balaban J connectivity index is 2.20. The molecule has 0 saturated heterocycles. The zero-order valence-electron chi connectivity index (χ0n) is 11.7. The van der Waals surface area contributed by atoms with E-state index in [0.717, 1.165) is 22.8 Å². The first-order valence-electron chi connectivity index (χ1n) is 6.90. The van der Waals surface area contributed by atoms with Crippen LogP contribution in [0.3, 0.4) is 0 Å². The molecule has 2 rings (SSSR count). The SMILES string of the molecule is CCOc1cccc(C(CN)Cc2ccccc2Cl)c1. The van der Waals surface area contributed by atoms with Crippen LogP contribution in [0.25, 0.3) is 0 Å². The summed E-state index contributed by atoms with van der Waals surface area (Å²) in [4.78, 5) is 0. The van der Waals surface area contributed by atoms with Gasteiger partial charge in [0, 0.05) is 10.9 Å². The first-order chi connectivity index (χ1) is 9.74. The van der Waals surface area contributed by atoms with Gasteiger partial charge in [0.15, 0.2) is 0 Å². The van der Waals surface area contributed by atoms with Crippen molar-refractivity contribution in [1.82, 2.24) is 0 Å².